The van der Waals surface area contributed by atoms with Crippen molar-refractivity contribution >= 4 is 39.3 Å². The number of para-hydroxylation sites is 1. The fraction of sp³-hybridized carbons (Fsp3) is 0.150. The molecule has 4 aromatic rings. The summed E-state index contributed by atoms with van der Waals surface area (Å²) in [5, 5.41) is 2.96. The SMILES string of the molecule is COC(=O)CCSc1nc2scc(-c3ccco3)c2c(=O)n1-c1ccccc1. The molecule has 0 spiro atoms. The fourth-order valence-corrected chi connectivity index (χ4v) is 4.71. The molecule has 3 heterocycles. The highest BCUT2D eigenvalue weighted by Crippen LogP contribution is 2.33. The van der Waals surface area contributed by atoms with Gasteiger partial charge in [0.2, 0.25) is 0 Å². The van der Waals surface area contributed by atoms with E-state index in [-0.39, 0.29) is 17.9 Å². The van der Waals surface area contributed by atoms with E-state index in [1.54, 1.807) is 16.9 Å². The van der Waals surface area contributed by atoms with Gasteiger partial charge in [0.1, 0.15) is 10.6 Å². The van der Waals surface area contributed by atoms with Crippen LogP contribution >= 0.6 is 23.1 Å². The summed E-state index contributed by atoms with van der Waals surface area (Å²) in [6, 6.07) is 13.0. The van der Waals surface area contributed by atoms with Crippen molar-refractivity contribution in [1.29, 1.82) is 0 Å². The normalized spacial score (nSPS) is 11.0. The van der Waals surface area contributed by atoms with Crippen molar-refractivity contribution in [3.8, 4) is 17.0 Å². The second kappa shape index (κ2) is 8.04. The van der Waals surface area contributed by atoms with Crippen LogP contribution in [0.15, 0.2) is 68.5 Å². The maximum atomic E-state index is 13.5. The molecular formula is C20H16N2O4S2. The molecule has 4 rings (SSSR count). The quantitative estimate of drug-likeness (QED) is 0.266. The molecule has 0 aliphatic rings. The van der Waals surface area contributed by atoms with Crippen LogP contribution < -0.4 is 5.56 Å². The summed E-state index contributed by atoms with van der Waals surface area (Å²) in [6.07, 6.45) is 1.82. The number of fused-ring (bicyclic) bond motifs is 1. The smallest absolute Gasteiger partial charge is 0.306 e. The van der Waals surface area contributed by atoms with Crippen LogP contribution in [0.1, 0.15) is 6.42 Å². The Hall–Kier alpha value is -2.84. The van der Waals surface area contributed by atoms with Crippen LogP contribution in [0.3, 0.4) is 0 Å². The average molecular weight is 412 g/mol. The van der Waals surface area contributed by atoms with E-state index in [1.807, 2.05) is 41.8 Å². The Morgan fingerprint density at radius 3 is 2.79 bits per heavy atom. The number of carbonyl (C=O) groups is 1. The monoisotopic (exact) mass is 412 g/mol. The molecular weight excluding hydrogens is 396 g/mol. The van der Waals surface area contributed by atoms with Gasteiger partial charge in [-0.15, -0.1) is 11.3 Å². The minimum absolute atomic E-state index is 0.163. The van der Waals surface area contributed by atoms with Gasteiger partial charge in [-0.1, -0.05) is 30.0 Å². The second-order valence-corrected chi connectivity index (χ2v) is 7.77. The van der Waals surface area contributed by atoms with E-state index >= 15 is 0 Å². The van der Waals surface area contributed by atoms with Gasteiger partial charge in [-0.3, -0.25) is 14.2 Å². The summed E-state index contributed by atoms with van der Waals surface area (Å²) >= 11 is 2.75. The summed E-state index contributed by atoms with van der Waals surface area (Å²) in [5.74, 6) is 0.808. The molecule has 1 aromatic carbocycles. The molecule has 6 nitrogen and oxygen atoms in total. The third-order valence-electron chi connectivity index (χ3n) is 4.14. The Labute approximate surface area is 168 Å². The Morgan fingerprint density at radius 1 is 1.25 bits per heavy atom. The number of carbonyl (C=O) groups excluding carboxylic acids is 1. The van der Waals surface area contributed by atoms with Gasteiger partial charge in [0, 0.05) is 16.7 Å². The van der Waals surface area contributed by atoms with E-state index in [2.05, 4.69) is 0 Å². The summed E-state index contributed by atoms with van der Waals surface area (Å²) in [6.45, 7) is 0. The first-order chi connectivity index (χ1) is 13.7. The van der Waals surface area contributed by atoms with Gasteiger partial charge in [-0.2, -0.15) is 0 Å². The number of rotatable bonds is 6. The van der Waals surface area contributed by atoms with Gasteiger partial charge in [-0.25, -0.2) is 4.98 Å². The van der Waals surface area contributed by atoms with Gasteiger partial charge < -0.3 is 9.15 Å². The third kappa shape index (κ3) is 3.48. The number of hydrogen-bond acceptors (Lipinski definition) is 7. The van der Waals surface area contributed by atoms with E-state index in [9.17, 15) is 9.59 Å². The van der Waals surface area contributed by atoms with Crippen molar-refractivity contribution in [2.45, 2.75) is 11.6 Å². The van der Waals surface area contributed by atoms with Crippen LogP contribution in [-0.2, 0) is 9.53 Å². The van der Waals surface area contributed by atoms with E-state index < -0.39 is 0 Å². The van der Waals surface area contributed by atoms with Crippen molar-refractivity contribution < 1.29 is 13.9 Å². The Balaban J connectivity index is 1.86. The number of ether oxygens (including phenoxy) is 1. The minimum atomic E-state index is -0.293. The number of hydrogen-bond donors (Lipinski definition) is 0. The first-order valence-electron chi connectivity index (χ1n) is 8.52. The lowest BCUT2D eigenvalue weighted by atomic mass is 10.2. The number of thiophene rings is 1. The van der Waals surface area contributed by atoms with Crippen LogP contribution in [0.4, 0.5) is 0 Å². The Kier molecular flexibility index (Phi) is 5.31. The molecule has 0 saturated carbocycles. The lowest BCUT2D eigenvalue weighted by molar-refractivity contribution is -0.140. The number of methoxy groups -OCH3 is 1. The zero-order valence-corrected chi connectivity index (χ0v) is 16.6. The van der Waals surface area contributed by atoms with Crippen molar-refractivity contribution in [1.82, 2.24) is 9.55 Å². The number of thioether (sulfide) groups is 1. The predicted octanol–water partition coefficient (Wildman–Crippen LogP) is 4.36. The number of benzene rings is 1. The highest BCUT2D eigenvalue weighted by atomic mass is 32.2. The van der Waals surface area contributed by atoms with Crippen molar-refractivity contribution in [3.05, 3.63) is 64.5 Å². The molecule has 0 amide bonds. The summed E-state index contributed by atoms with van der Waals surface area (Å²) < 4.78 is 11.8. The van der Waals surface area contributed by atoms with Gasteiger partial charge in [-0.05, 0) is 24.3 Å². The highest BCUT2D eigenvalue weighted by Gasteiger charge is 2.19. The van der Waals surface area contributed by atoms with Crippen LogP contribution in [0.25, 0.3) is 27.2 Å². The summed E-state index contributed by atoms with van der Waals surface area (Å²) in [4.78, 5) is 30.3. The van der Waals surface area contributed by atoms with Gasteiger partial charge in [0.25, 0.3) is 5.56 Å². The number of aromatic nitrogens is 2. The maximum Gasteiger partial charge on any atom is 0.306 e. The lowest BCUT2D eigenvalue weighted by Crippen LogP contribution is -2.21. The van der Waals surface area contributed by atoms with Crippen molar-refractivity contribution in [2.24, 2.45) is 0 Å². The molecule has 0 fully saturated rings. The molecule has 0 aliphatic heterocycles. The molecule has 0 N–H and O–H groups in total. The van der Waals surface area contributed by atoms with Crippen LogP contribution in [-0.4, -0.2) is 28.4 Å². The zero-order chi connectivity index (χ0) is 19.5. The lowest BCUT2D eigenvalue weighted by Gasteiger charge is -2.12. The number of esters is 1. The first-order valence-corrected chi connectivity index (χ1v) is 10.4. The largest absolute Gasteiger partial charge is 0.469 e. The maximum absolute atomic E-state index is 13.5. The highest BCUT2D eigenvalue weighted by molar-refractivity contribution is 7.99. The molecule has 142 valence electrons. The fourth-order valence-electron chi connectivity index (χ4n) is 2.81. The molecule has 0 saturated heterocycles. The van der Waals surface area contributed by atoms with E-state index in [0.717, 1.165) is 11.3 Å². The van der Waals surface area contributed by atoms with Gasteiger partial charge >= 0.3 is 5.97 Å². The van der Waals surface area contributed by atoms with Crippen molar-refractivity contribution in [2.75, 3.05) is 12.9 Å². The van der Waals surface area contributed by atoms with E-state index in [1.165, 1.54) is 30.2 Å². The molecule has 0 aliphatic carbocycles. The second-order valence-electron chi connectivity index (χ2n) is 5.85. The minimum Gasteiger partial charge on any atom is -0.469 e. The standard InChI is InChI=1S/C20H16N2O4S2/c1-25-16(23)9-11-27-20-21-18-17(14(12-28-18)15-8-5-10-26-15)19(24)22(20)13-6-3-2-4-7-13/h2-8,10,12H,9,11H2,1H3. The Morgan fingerprint density at radius 2 is 2.07 bits per heavy atom. The summed E-state index contributed by atoms with van der Waals surface area (Å²) in [7, 11) is 1.36. The Bertz CT molecular complexity index is 1160. The number of furan rings is 1. The molecule has 0 unspecified atom stereocenters. The van der Waals surface area contributed by atoms with Crippen LogP contribution in [0.2, 0.25) is 0 Å². The van der Waals surface area contributed by atoms with Crippen LogP contribution in [0, 0.1) is 0 Å². The van der Waals surface area contributed by atoms with E-state index in [0.29, 0.717) is 26.9 Å². The first kappa shape index (κ1) is 18.5. The van der Waals surface area contributed by atoms with Gasteiger partial charge in [0.05, 0.1) is 30.9 Å². The molecule has 28 heavy (non-hydrogen) atoms. The molecule has 0 bridgehead atoms. The number of nitrogens with zero attached hydrogens (tertiary/aromatic N) is 2. The topological polar surface area (TPSA) is 74.3 Å². The van der Waals surface area contributed by atoms with Crippen LogP contribution in [0.5, 0.6) is 0 Å². The summed E-state index contributed by atoms with van der Waals surface area (Å²) in [5.41, 5.74) is 1.29. The third-order valence-corrected chi connectivity index (χ3v) is 5.96. The molecule has 0 radical (unpaired) electrons. The molecule has 0 atom stereocenters. The zero-order valence-electron chi connectivity index (χ0n) is 15.0. The average Bonchev–Trinajstić information content (AvgIpc) is 3.38. The van der Waals surface area contributed by atoms with Crippen molar-refractivity contribution in [3.63, 3.8) is 0 Å². The predicted molar refractivity (Wildman–Crippen MR) is 110 cm³/mol. The van der Waals surface area contributed by atoms with E-state index in [4.69, 9.17) is 14.1 Å². The molecule has 3 aromatic heterocycles. The van der Waals surface area contributed by atoms with Gasteiger partial charge in [0.15, 0.2) is 5.16 Å². The molecule has 8 heteroatoms.